The molecule has 0 aromatic carbocycles. The van der Waals surface area contributed by atoms with Crippen LogP contribution in [0.4, 0.5) is 5.95 Å². The van der Waals surface area contributed by atoms with Crippen LogP contribution >= 0.6 is 15.9 Å². The summed E-state index contributed by atoms with van der Waals surface area (Å²) in [5.74, 6) is 0.788. The van der Waals surface area contributed by atoms with Gasteiger partial charge in [0.1, 0.15) is 17.5 Å². The molecule has 8 heteroatoms. The largest absolute Gasteiger partial charge is 0.490 e. The topological polar surface area (TPSA) is 94.2 Å². The minimum atomic E-state index is -0.558. The molecule has 23 heavy (non-hydrogen) atoms. The zero-order valence-corrected chi connectivity index (χ0v) is 13.9. The van der Waals surface area contributed by atoms with Crippen molar-refractivity contribution in [3.8, 4) is 5.75 Å². The molecule has 2 N–H and O–H groups in total. The number of hydrogen-bond acceptors (Lipinski definition) is 6. The fourth-order valence-electron chi connectivity index (χ4n) is 2.45. The number of nitrogens with zero attached hydrogens (tertiary/aromatic N) is 4. The van der Waals surface area contributed by atoms with Gasteiger partial charge in [0.15, 0.2) is 0 Å². The van der Waals surface area contributed by atoms with E-state index in [0.29, 0.717) is 5.75 Å². The molecule has 1 fully saturated rings. The van der Waals surface area contributed by atoms with E-state index in [0.717, 1.165) is 36.4 Å². The lowest BCUT2D eigenvalue weighted by Gasteiger charge is -2.32. The second kappa shape index (κ2) is 6.91. The van der Waals surface area contributed by atoms with E-state index in [1.54, 1.807) is 24.5 Å². The molecule has 0 atom stereocenters. The van der Waals surface area contributed by atoms with E-state index in [1.807, 2.05) is 0 Å². The van der Waals surface area contributed by atoms with Gasteiger partial charge in [-0.2, -0.15) is 0 Å². The summed E-state index contributed by atoms with van der Waals surface area (Å²) in [5.41, 5.74) is 5.44. The Morgan fingerprint density at radius 1 is 1.26 bits per heavy atom. The van der Waals surface area contributed by atoms with Crippen molar-refractivity contribution in [2.45, 2.75) is 18.9 Å². The van der Waals surface area contributed by atoms with Crippen LogP contribution in [0.5, 0.6) is 5.75 Å². The fraction of sp³-hybridized carbons (Fsp3) is 0.333. The first-order valence-corrected chi connectivity index (χ1v) is 8.06. The van der Waals surface area contributed by atoms with E-state index in [-0.39, 0.29) is 11.8 Å². The van der Waals surface area contributed by atoms with E-state index in [2.05, 4.69) is 35.8 Å². The molecule has 7 nitrogen and oxygen atoms in total. The SMILES string of the molecule is NC(=O)c1cc(OC2CCN(c3ncc(Br)cn3)CC2)ccn1. The normalized spacial score (nSPS) is 15.4. The summed E-state index contributed by atoms with van der Waals surface area (Å²) in [6.07, 6.45) is 6.81. The Labute approximate surface area is 142 Å². The van der Waals surface area contributed by atoms with E-state index < -0.39 is 5.91 Å². The predicted octanol–water partition coefficient (Wildman–Crippen LogP) is 1.78. The molecule has 2 aromatic rings. The average Bonchev–Trinajstić information content (AvgIpc) is 2.57. The number of rotatable bonds is 4. The van der Waals surface area contributed by atoms with Crippen LogP contribution in [0.3, 0.4) is 0 Å². The second-order valence-electron chi connectivity index (χ2n) is 5.25. The molecule has 3 rings (SSSR count). The zero-order valence-electron chi connectivity index (χ0n) is 12.4. The third-order valence-corrected chi connectivity index (χ3v) is 4.03. The Bertz CT molecular complexity index is 687. The first-order valence-electron chi connectivity index (χ1n) is 7.27. The van der Waals surface area contributed by atoms with Crippen molar-refractivity contribution in [3.05, 3.63) is 40.9 Å². The van der Waals surface area contributed by atoms with E-state index >= 15 is 0 Å². The molecular formula is C15H16BrN5O2. The number of carbonyl (C=O) groups is 1. The van der Waals surface area contributed by atoms with Gasteiger partial charge >= 0.3 is 0 Å². The minimum Gasteiger partial charge on any atom is -0.490 e. The van der Waals surface area contributed by atoms with Crippen molar-refractivity contribution >= 4 is 27.8 Å². The number of piperidine rings is 1. The average molecular weight is 378 g/mol. The monoisotopic (exact) mass is 377 g/mol. The predicted molar refractivity (Wildman–Crippen MR) is 88.3 cm³/mol. The molecule has 1 aliphatic rings. The van der Waals surface area contributed by atoms with Crippen LogP contribution in [0.25, 0.3) is 0 Å². The maximum atomic E-state index is 11.1. The van der Waals surface area contributed by atoms with E-state index in [9.17, 15) is 4.79 Å². The van der Waals surface area contributed by atoms with Crippen molar-refractivity contribution in [1.29, 1.82) is 0 Å². The molecular weight excluding hydrogens is 362 g/mol. The maximum Gasteiger partial charge on any atom is 0.267 e. The molecule has 120 valence electrons. The summed E-state index contributed by atoms with van der Waals surface area (Å²) < 4.78 is 6.79. The smallest absolute Gasteiger partial charge is 0.267 e. The van der Waals surface area contributed by atoms with Crippen LogP contribution in [0.1, 0.15) is 23.3 Å². The summed E-state index contributed by atoms with van der Waals surface area (Å²) in [6, 6.07) is 3.31. The molecule has 0 radical (unpaired) electrons. The first-order chi connectivity index (χ1) is 11.1. The molecule has 0 spiro atoms. The highest BCUT2D eigenvalue weighted by atomic mass is 79.9. The summed E-state index contributed by atoms with van der Waals surface area (Å²) in [4.78, 5) is 25.8. The molecule has 1 amide bonds. The van der Waals surface area contributed by atoms with Crippen molar-refractivity contribution in [3.63, 3.8) is 0 Å². The van der Waals surface area contributed by atoms with Crippen LogP contribution in [-0.2, 0) is 0 Å². The molecule has 2 aromatic heterocycles. The lowest BCUT2D eigenvalue weighted by molar-refractivity contribution is 0.0994. The number of pyridine rings is 1. The Hall–Kier alpha value is -2.22. The van der Waals surface area contributed by atoms with Gasteiger partial charge in [0.25, 0.3) is 5.91 Å². The standard InChI is InChI=1S/C15H16BrN5O2/c16-10-8-19-15(20-9-10)21-5-2-11(3-6-21)23-12-1-4-18-13(7-12)14(17)22/h1,4,7-9,11H,2-3,5-6H2,(H2,17,22). The molecule has 0 saturated carbocycles. The highest BCUT2D eigenvalue weighted by Gasteiger charge is 2.22. The van der Waals surface area contributed by atoms with Gasteiger partial charge in [0.05, 0.1) is 4.47 Å². The van der Waals surface area contributed by atoms with Crippen LogP contribution in [-0.4, -0.2) is 40.1 Å². The molecule has 0 aliphatic carbocycles. The van der Waals surface area contributed by atoms with Crippen molar-refractivity contribution < 1.29 is 9.53 Å². The van der Waals surface area contributed by atoms with E-state index in [4.69, 9.17) is 10.5 Å². The third-order valence-electron chi connectivity index (χ3n) is 3.62. The van der Waals surface area contributed by atoms with Crippen LogP contribution in [0, 0.1) is 0 Å². The molecule has 1 aliphatic heterocycles. The molecule has 3 heterocycles. The van der Waals surface area contributed by atoms with Crippen molar-refractivity contribution in [1.82, 2.24) is 15.0 Å². The quantitative estimate of drug-likeness (QED) is 0.872. The van der Waals surface area contributed by atoms with Gasteiger partial charge in [-0.15, -0.1) is 0 Å². The molecule has 0 bridgehead atoms. The Balaban J connectivity index is 1.58. The number of anilines is 1. The number of amides is 1. The van der Waals surface area contributed by atoms with E-state index in [1.165, 1.54) is 6.20 Å². The van der Waals surface area contributed by atoms with Gasteiger partial charge in [-0.3, -0.25) is 9.78 Å². The number of halogens is 1. The van der Waals surface area contributed by atoms with Gasteiger partial charge in [0.2, 0.25) is 5.95 Å². The first kappa shape index (κ1) is 15.7. The summed E-state index contributed by atoms with van der Waals surface area (Å²) in [5, 5.41) is 0. The Kier molecular flexibility index (Phi) is 4.71. The Morgan fingerprint density at radius 2 is 1.96 bits per heavy atom. The minimum absolute atomic E-state index is 0.0878. The molecule has 1 saturated heterocycles. The zero-order chi connectivity index (χ0) is 16.2. The lowest BCUT2D eigenvalue weighted by Crippen LogP contribution is -2.39. The van der Waals surface area contributed by atoms with Gasteiger partial charge in [-0.1, -0.05) is 0 Å². The van der Waals surface area contributed by atoms with Gasteiger partial charge in [0, 0.05) is 50.6 Å². The third kappa shape index (κ3) is 3.95. The number of aromatic nitrogens is 3. The maximum absolute atomic E-state index is 11.1. The Morgan fingerprint density at radius 3 is 2.61 bits per heavy atom. The van der Waals surface area contributed by atoms with Gasteiger partial charge in [-0.05, 0) is 22.0 Å². The van der Waals surface area contributed by atoms with Crippen molar-refractivity contribution in [2.24, 2.45) is 5.73 Å². The number of carbonyl (C=O) groups excluding carboxylic acids is 1. The summed E-state index contributed by atoms with van der Waals surface area (Å²) in [6.45, 7) is 1.64. The number of hydrogen-bond donors (Lipinski definition) is 1. The lowest BCUT2D eigenvalue weighted by atomic mass is 10.1. The number of primary amides is 1. The second-order valence-corrected chi connectivity index (χ2v) is 6.16. The summed E-state index contributed by atoms with van der Waals surface area (Å²) >= 11 is 3.33. The van der Waals surface area contributed by atoms with Crippen LogP contribution < -0.4 is 15.4 Å². The number of nitrogens with two attached hydrogens (primary N) is 1. The molecule has 0 unspecified atom stereocenters. The summed E-state index contributed by atoms with van der Waals surface area (Å²) in [7, 11) is 0. The fourth-order valence-corrected chi connectivity index (χ4v) is 2.66. The number of ether oxygens (including phenoxy) is 1. The van der Waals surface area contributed by atoms with Crippen LogP contribution in [0.15, 0.2) is 35.2 Å². The van der Waals surface area contributed by atoms with Gasteiger partial charge in [-0.25, -0.2) is 9.97 Å². The highest BCUT2D eigenvalue weighted by Crippen LogP contribution is 2.21. The highest BCUT2D eigenvalue weighted by molar-refractivity contribution is 9.10. The van der Waals surface area contributed by atoms with Crippen molar-refractivity contribution in [2.75, 3.05) is 18.0 Å². The van der Waals surface area contributed by atoms with Crippen LogP contribution in [0.2, 0.25) is 0 Å². The van der Waals surface area contributed by atoms with Gasteiger partial charge < -0.3 is 15.4 Å².